The molecule has 1 unspecified atom stereocenters. The minimum absolute atomic E-state index is 0.00385. The van der Waals surface area contributed by atoms with E-state index in [0.717, 1.165) is 47.5 Å². The largest absolute Gasteiger partial charge is 0.392 e. The van der Waals surface area contributed by atoms with E-state index in [1.165, 1.54) is 39.0 Å². The summed E-state index contributed by atoms with van der Waals surface area (Å²) in [6.45, 7) is 7.12. The molecule has 0 bridgehead atoms. The molecule has 8 nitrogen and oxygen atoms in total. The van der Waals surface area contributed by atoms with Crippen LogP contribution in [-0.2, 0) is 33.8 Å². The van der Waals surface area contributed by atoms with Crippen LogP contribution in [0.3, 0.4) is 0 Å². The molecule has 2 amide bonds. The van der Waals surface area contributed by atoms with Gasteiger partial charge in [0.2, 0.25) is 0 Å². The molecule has 3 aromatic rings. The lowest BCUT2D eigenvalue weighted by Gasteiger charge is -2.43. The highest BCUT2D eigenvalue weighted by Crippen LogP contribution is 2.42. The van der Waals surface area contributed by atoms with Crippen LogP contribution in [0.1, 0.15) is 86.2 Å². The molecule has 0 aromatic heterocycles. The van der Waals surface area contributed by atoms with Crippen molar-refractivity contribution in [1.29, 1.82) is 0 Å². The van der Waals surface area contributed by atoms with Crippen LogP contribution in [0.5, 0.6) is 0 Å². The Hall–Kier alpha value is -3.56. The van der Waals surface area contributed by atoms with Crippen LogP contribution in [0.15, 0.2) is 78.9 Å². The van der Waals surface area contributed by atoms with Crippen LogP contribution in [0.4, 0.5) is 4.79 Å². The van der Waals surface area contributed by atoms with Crippen LogP contribution >= 0.6 is 0 Å². The van der Waals surface area contributed by atoms with Crippen molar-refractivity contribution in [2.45, 2.75) is 90.1 Å². The van der Waals surface area contributed by atoms with Crippen molar-refractivity contribution < 1.29 is 24.2 Å². The van der Waals surface area contributed by atoms with Gasteiger partial charge in [0.1, 0.15) is 0 Å². The second kappa shape index (κ2) is 16.8. The molecule has 3 N–H and O–H groups in total. The number of carbonyl (C=O) groups is 2. The lowest BCUT2D eigenvalue weighted by atomic mass is 9.89. The monoisotopic (exact) mass is 627 g/mol. The van der Waals surface area contributed by atoms with Crippen LogP contribution in [0.25, 0.3) is 0 Å². The van der Waals surface area contributed by atoms with Gasteiger partial charge < -0.3 is 30.1 Å². The predicted octanol–water partition coefficient (Wildman–Crippen LogP) is 6.24. The van der Waals surface area contributed by atoms with Gasteiger partial charge in [-0.15, -0.1) is 0 Å². The molecular weight excluding hydrogens is 578 g/mol. The lowest BCUT2D eigenvalue weighted by molar-refractivity contribution is -0.276. The van der Waals surface area contributed by atoms with Gasteiger partial charge in [0.15, 0.2) is 12.1 Å². The standard InChI is InChI=1S/C38H49N3O5/c1-27-35(25-41-21-9-4-3-5-10-22-41)45-37(46-36(27)32-17-15-31(26-42)16-18-32)33-19-13-30(14-20-33)24-39-38(44)40-34(28(2)43)23-29-11-7-6-8-12-29/h6-8,11-20,27,34-37,42H,3-5,9-10,21-26H2,1-2H3,(H2,39,40,44)/t27-,34+,35+,36+,37?/m0/s1. The highest BCUT2D eigenvalue weighted by atomic mass is 16.7. The van der Waals surface area contributed by atoms with Crippen molar-refractivity contribution in [2.24, 2.45) is 5.92 Å². The van der Waals surface area contributed by atoms with Gasteiger partial charge in [-0.05, 0) is 61.5 Å². The molecular formula is C38H49N3O5. The summed E-state index contributed by atoms with van der Waals surface area (Å²) >= 11 is 0. The minimum Gasteiger partial charge on any atom is -0.392 e. The van der Waals surface area contributed by atoms with E-state index in [1.54, 1.807) is 0 Å². The van der Waals surface area contributed by atoms with Crippen LogP contribution < -0.4 is 10.6 Å². The first-order chi connectivity index (χ1) is 22.4. The molecule has 2 aliphatic rings. The Morgan fingerprint density at radius 1 is 0.826 bits per heavy atom. The highest BCUT2D eigenvalue weighted by Gasteiger charge is 2.39. The van der Waals surface area contributed by atoms with Gasteiger partial charge in [0.25, 0.3) is 0 Å². The molecule has 0 saturated carbocycles. The Morgan fingerprint density at radius 3 is 2.11 bits per heavy atom. The van der Waals surface area contributed by atoms with Gasteiger partial charge in [-0.25, -0.2) is 4.79 Å². The number of benzene rings is 3. The minimum atomic E-state index is -0.591. The molecule has 0 radical (unpaired) electrons. The van der Waals surface area contributed by atoms with Crippen LogP contribution in [0, 0.1) is 5.92 Å². The van der Waals surface area contributed by atoms with Gasteiger partial charge in [0.05, 0.1) is 24.9 Å². The Labute approximate surface area is 273 Å². The van der Waals surface area contributed by atoms with Crippen molar-refractivity contribution in [3.05, 3.63) is 107 Å². The number of Topliss-reactive ketones (excluding diaryl/α,β-unsaturated/α-hetero) is 1. The lowest BCUT2D eigenvalue weighted by Crippen LogP contribution is -2.46. The molecule has 5 rings (SSSR count). The van der Waals surface area contributed by atoms with E-state index in [2.05, 4.69) is 34.6 Å². The van der Waals surface area contributed by atoms with E-state index in [9.17, 15) is 14.7 Å². The third-order valence-electron chi connectivity index (χ3n) is 9.29. The average Bonchev–Trinajstić information content (AvgIpc) is 3.06. The normalized spacial score (nSPS) is 23.1. The first-order valence-corrected chi connectivity index (χ1v) is 16.8. The highest BCUT2D eigenvalue weighted by molar-refractivity contribution is 5.87. The zero-order chi connectivity index (χ0) is 32.3. The number of ketones is 1. The summed E-state index contributed by atoms with van der Waals surface area (Å²) < 4.78 is 13.3. The number of rotatable bonds is 11. The second-order valence-electron chi connectivity index (χ2n) is 12.8. The molecule has 2 heterocycles. The SMILES string of the molecule is CC(=O)[C@@H](Cc1ccccc1)NC(=O)NCc1ccc(C2O[C@H](CN3CCCCCCC3)[C@H](C)[C@H](c3ccc(CO)cc3)O2)cc1. The molecule has 0 spiro atoms. The Balaban J connectivity index is 1.23. The molecule has 2 aliphatic heterocycles. The number of nitrogens with one attached hydrogen (secondary N) is 2. The van der Waals surface area contributed by atoms with Crippen LogP contribution in [-0.4, -0.2) is 53.6 Å². The third-order valence-corrected chi connectivity index (χ3v) is 9.29. The number of aliphatic hydroxyl groups is 1. The van der Waals surface area contributed by atoms with Crippen LogP contribution in [0.2, 0.25) is 0 Å². The maximum Gasteiger partial charge on any atom is 0.315 e. The zero-order valence-corrected chi connectivity index (χ0v) is 27.2. The number of urea groups is 1. The van der Waals surface area contributed by atoms with E-state index in [1.807, 2.05) is 66.7 Å². The van der Waals surface area contributed by atoms with Crippen molar-refractivity contribution in [3.63, 3.8) is 0 Å². The smallest absolute Gasteiger partial charge is 0.315 e. The fraction of sp³-hybridized carbons (Fsp3) is 0.474. The molecule has 2 saturated heterocycles. The fourth-order valence-electron chi connectivity index (χ4n) is 6.41. The summed E-state index contributed by atoms with van der Waals surface area (Å²) in [4.78, 5) is 27.4. The maximum atomic E-state index is 12.7. The van der Waals surface area contributed by atoms with E-state index < -0.39 is 12.3 Å². The summed E-state index contributed by atoms with van der Waals surface area (Å²) in [7, 11) is 0. The van der Waals surface area contributed by atoms with Gasteiger partial charge >= 0.3 is 6.03 Å². The van der Waals surface area contributed by atoms with Gasteiger partial charge in [-0.2, -0.15) is 0 Å². The van der Waals surface area contributed by atoms with Crippen molar-refractivity contribution in [3.8, 4) is 0 Å². The summed E-state index contributed by atoms with van der Waals surface area (Å²) in [5.41, 5.74) is 4.81. The van der Waals surface area contributed by atoms with Gasteiger partial charge in [0, 0.05) is 24.6 Å². The first-order valence-electron chi connectivity index (χ1n) is 16.8. The number of ether oxygens (including phenoxy) is 2. The van der Waals surface area contributed by atoms with Crippen molar-refractivity contribution in [2.75, 3.05) is 19.6 Å². The first kappa shape index (κ1) is 33.8. The number of nitrogens with zero attached hydrogens (tertiary/aromatic N) is 1. The molecule has 2 fully saturated rings. The zero-order valence-electron chi connectivity index (χ0n) is 27.2. The third kappa shape index (κ3) is 9.48. The molecule has 246 valence electrons. The Bertz CT molecular complexity index is 1370. The number of likely N-dealkylation sites (tertiary alicyclic amines) is 1. The molecule has 5 atom stereocenters. The average molecular weight is 628 g/mol. The van der Waals surface area contributed by atoms with E-state index in [4.69, 9.17) is 9.47 Å². The summed E-state index contributed by atoms with van der Waals surface area (Å²) in [6.07, 6.45) is 6.12. The quantitative estimate of drug-likeness (QED) is 0.233. The Kier molecular flexibility index (Phi) is 12.4. The number of aliphatic hydroxyl groups excluding tert-OH is 1. The molecule has 8 heteroatoms. The maximum absolute atomic E-state index is 12.7. The topological polar surface area (TPSA) is 100 Å². The number of carbonyl (C=O) groups excluding carboxylic acids is 2. The number of amides is 2. The molecule has 3 aromatic carbocycles. The predicted molar refractivity (Wildman–Crippen MR) is 179 cm³/mol. The fourth-order valence-corrected chi connectivity index (χ4v) is 6.41. The van der Waals surface area contributed by atoms with E-state index in [-0.39, 0.29) is 36.5 Å². The summed E-state index contributed by atoms with van der Waals surface area (Å²) in [5, 5.41) is 15.3. The number of hydrogen-bond donors (Lipinski definition) is 3. The summed E-state index contributed by atoms with van der Waals surface area (Å²) in [6, 6.07) is 24.7. The van der Waals surface area contributed by atoms with Crippen molar-refractivity contribution in [1.82, 2.24) is 15.5 Å². The van der Waals surface area contributed by atoms with Crippen molar-refractivity contribution >= 4 is 11.8 Å². The molecule has 46 heavy (non-hydrogen) atoms. The number of hydrogen-bond acceptors (Lipinski definition) is 6. The van der Waals surface area contributed by atoms with Gasteiger partial charge in [-0.3, -0.25) is 4.79 Å². The van der Waals surface area contributed by atoms with E-state index >= 15 is 0 Å². The van der Waals surface area contributed by atoms with Gasteiger partial charge in [-0.1, -0.05) is 105 Å². The Morgan fingerprint density at radius 2 is 1.46 bits per heavy atom. The molecule has 0 aliphatic carbocycles. The van der Waals surface area contributed by atoms with E-state index in [0.29, 0.717) is 13.0 Å². The second-order valence-corrected chi connectivity index (χ2v) is 12.8. The summed E-state index contributed by atoms with van der Waals surface area (Å²) in [5.74, 6) is 0.0572.